The van der Waals surface area contributed by atoms with Crippen LogP contribution >= 0.6 is 11.3 Å². The minimum Gasteiger partial charge on any atom is -0.497 e. The van der Waals surface area contributed by atoms with Gasteiger partial charge in [0.2, 0.25) is 0 Å². The second-order valence-electron chi connectivity index (χ2n) is 7.83. The Labute approximate surface area is 210 Å². The van der Waals surface area contributed by atoms with Gasteiger partial charge in [0.05, 0.1) is 32.2 Å². The van der Waals surface area contributed by atoms with Crippen LogP contribution in [0.4, 0.5) is 15.2 Å². The number of aromatic nitrogens is 1. The van der Waals surface area contributed by atoms with Crippen molar-refractivity contribution >= 4 is 28.1 Å². The number of hydrogen-bond acceptors (Lipinski definition) is 7. The number of hydrogen-bond donors (Lipinski definition) is 1. The van der Waals surface area contributed by atoms with E-state index in [9.17, 15) is 9.18 Å². The van der Waals surface area contributed by atoms with Crippen LogP contribution in [0.25, 0.3) is 11.3 Å². The van der Waals surface area contributed by atoms with Crippen molar-refractivity contribution in [2.75, 3.05) is 12.0 Å². The number of carbonyl (C=O) groups is 1. The Morgan fingerprint density at radius 2 is 1.86 bits per heavy atom. The Balaban J connectivity index is 1.38. The molecule has 0 aliphatic heterocycles. The number of nitrogens with zero attached hydrogens (tertiary/aromatic N) is 2. The van der Waals surface area contributed by atoms with Crippen LogP contribution in [0.15, 0.2) is 93.3 Å². The average Bonchev–Trinajstić information content (AvgIpc) is 3.69. The largest absolute Gasteiger partial charge is 0.497 e. The molecule has 0 bridgehead atoms. The minimum atomic E-state index is -0.332. The third kappa shape index (κ3) is 5.31. The molecule has 0 saturated carbocycles. The number of furan rings is 2. The molecule has 9 heteroatoms. The van der Waals surface area contributed by atoms with Gasteiger partial charge in [0, 0.05) is 16.6 Å². The summed E-state index contributed by atoms with van der Waals surface area (Å²) in [5.74, 6) is 1.56. The molecule has 182 valence electrons. The first-order valence-corrected chi connectivity index (χ1v) is 12.0. The highest BCUT2D eigenvalue weighted by atomic mass is 32.1. The van der Waals surface area contributed by atoms with Crippen molar-refractivity contribution in [3.63, 3.8) is 0 Å². The van der Waals surface area contributed by atoms with Gasteiger partial charge in [0.25, 0.3) is 5.91 Å². The smallest absolute Gasteiger partial charge is 0.287 e. The van der Waals surface area contributed by atoms with Crippen LogP contribution in [-0.2, 0) is 13.1 Å². The van der Waals surface area contributed by atoms with E-state index in [0.717, 1.165) is 27.8 Å². The minimum absolute atomic E-state index is 0.206. The fourth-order valence-corrected chi connectivity index (χ4v) is 4.44. The Morgan fingerprint density at radius 1 is 1.06 bits per heavy atom. The van der Waals surface area contributed by atoms with Crippen molar-refractivity contribution in [2.24, 2.45) is 0 Å². The van der Waals surface area contributed by atoms with E-state index in [-0.39, 0.29) is 24.0 Å². The van der Waals surface area contributed by atoms with Crippen molar-refractivity contribution < 1.29 is 22.8 Å². The van der Waals surface area contributed by atoms with Gasteiger partial charge in [-0.05, 0) is 72.8 Å². The topological polar surface area (TPSA) is 80.7 Å². The molecule has 0 fully saturated rings. The van der Waals surface area contributed by atoms with E-state index in [1.54, 1.807) is 49.8 Å². The van der Waals surface area contributed by atoms with Crippen molar-refractivity contribution in [3.8, 4) is 17.0 Å². The lowest BCUT2D eigenvalue weighted by atomic mass is 10.2. The molecule has 3 heterocycles. The number of ether oxygens (including phenoxy) is 1. The number of nitrogens with one attached hydrogen (secondary N) is 1. The summed E-state index contributed by atoms with van der Waals surface area (Å²) in [6.07, 6.45) is 1.56. The summed E-state index contributed by atoms with van der Waals surface area (Å²) >= 11 is 1.46. The SMILES string of the molecule is COc1ccc(N(Cc2ccc(C(=O)NCc3ccco3)o2)c2nc(-c3ccc(F)cc3)cs2)cc1. The molecule has 1 N–H and O–H groups in total. The zero-order valence-corrected chi connectivity index (χ0v) is 20.1. The first-order valence-electron chi connectivity index (χ1n) is 11.1. The van der Waals surface area contributed by atoms with Crippen molar-refractivity contribution in [1.29, 1.82) is 0 Å². The van der Waals surface area contributed by atoms with E-state index in [1.165, 1.54) is 23.5 Å². The Kier molecular flexibility index (Phi) is 6.81. The molecule has 3 aromatic heterocycles. The van der Waals surface area contributed by atoms with Crippen LogP contribution in [0.3, 0.4) is 0 Å². The van der Waals surface area contributed by atoms with Crippen molar-refractivity contribution in [2.45, 2.75) is 13.1 Å². The molecule has 0 unspecified atom stereocenters. The maximum atomic E-state index is 13.4. The number of anilines is 2. The van der Waals surface area contributed by atoms with Crippen LogP contribution in [-0.4, -0.2) is 18.0 Å². The molecule has 0 radical (unpaired) electrons. The zero-order chi connectivity index (χ0) is 24.9. The molecule has 0 saturated heterocycles. The molecule has 5 rings (SSSR count). The lowest BCUT2D eigenvalue weighted by Gasteiger charge is -2.21. The van der Waals surface area contributed by atoms with E-state index >= 15 is 0 Å². The first kappa shape index (κ1) is 23.4. The molecule has 0 spiro atoms. The molecular weight excluding hydrogens is 481 g/mol. The summed E-state index contributed by atoms with van der Waals surface area (Å²) in [5, 5.41) is 5.43. The molecule has 0 aliphatic carbocycles. The van der Waals surface area contributed by atoms with Gasteiger partial charge >= 0.3 is 0 Å². The highest BCUT2D eigenvalue weighted by Gasteiger charge is 2.19. The fraction of sp³-hybridized carbons (Fsp3) is 0.111. The van der Waals surface area contributed by atoms with E-state index in [2.05, 4.69) is 5.32 Å². The number of benzene rings is 2. The number of amides is 1. The van der Waals surface area contributed by atoms with Gasteiger partial charge in [-0.2, -0.15) is 0 Å². The summed E-state index contributed by atoms with van der Waals surface area (Å²) in [5.41, 5.74) is 2.43. The molecule has 5 aromatic rings. The lowest BCUT2D eigenvalue weighted by Crippen LogP contribution is -2.22. The van der Waals surface area contributed by atoms with Gasteiger partial charge in [0.1, 0.15) is 23.1 Å². The van der Waals surface area contributed by atoms with E-state index in [4.69, 9.17) is 18.6 Å². The quantitative estimate of drug-likeness (QED) is 0.250. The Hall–Kier alpha value is -4.37. The predicted octanol–water partition coefficient (Wildman–Crippen LogP) is 6.41. The summed E-state index contributed by atoms with van der Waals surface area (Å²) < 4.78 is 29.8. The molecule has 0 aliphatic rings. The highest BCUT2D eigenvalue weighted by molar-refractivity contribution is 7.14. The van der Waals surface area contributed by atoms with E-state index in [0.29, 0.717) is 18.1 Å². The molecular formula is C27H22FN3O4S. The molecule has 2 aromatic carbocycles. The molecule has 36 heavy (non-hydrogen) atoms. The second-order valence-corrected chi connectivity index (χ2v) is 8.67. The summed E-state index contributed by atoms with van der Waals surface area (Å²) in [7, 11) is 1.61. The summed E-state index contributed by atoms with van der Waals surface area (Å²) in [6.45, 7) is 0.610. The zero-order valence-electron chi connectivity index (χ0n) is 19.3. The van der Waals surface area contributed by atoms with Gasteiger partial charge < -0.3 is 23.8 Å². The van der Waals surface area contributed by atoms with E-state index < -0.39 is 0 Å². The molecule has 0 atom stereocenters. The number of carbonyl (C=O) groups excluding carboxylic acids is 1. The van der Waals surface area contributed by atoms with E-state index in [1.807, 2.05) is 34.5 Å². The van der Waals surface area contributed by atoms with Gasteiger partial charge in [-0.25, -0.2) is 9.37 Å². The van der Waals surface area contributed by atoms with Crippen LogP contribution in [0.1, 0.15) is 22.1 Å². The van der Waals surface area contributed by atoms with Crippen molar-refractivity contribution in [3.05, 3.63) is 108 Å². The van der Waals surface area contributed by atoms with Gasteiger partial charge in [0.15, 0.2) is 10.9 Å². The fourth-order valence-electron chi connectivity index (χ4n) is 3.58. The predicted molar refractivity (Wildman–Crippen MR) is 135 cm³/mol. The summed E-state index contributed by atoms with van der Waals surface area (Å²) in [4.78, 5) is 19.3. The maximum Gasteiger partial charge on any atom is 0.287 e. The standard InChI is InChI=1S/C27H22FN3O4S/c1-33-21-10-8-20(9-11-21)31(27-30-24(17-36-27)18-4-6-19(28)7-5-18)16-23-12-13-25(35-23)26(32)29-15-22-3-2-14-34-22/h2-14,17H,15-16H2,1H3,(H,29,32). The molecule has 7 nitrogen and oxygen atoms in total. The first-order chi connectivity index (χ1) is 17.6. The lowest BCUT2D eigenvalue weighted by molar-refractivity contribution is 0.0918. The summed E-state index contributed by atoms with van der Waals surface area (Å²) in [6, 6.07) is 20.8. The number of thiazole rings is 1. The normalized spacial score (nSPS) is 10.8. The van der Waals surface area contributed by atoms with Crippen molar-refractivity contribution in [1.82, 2.24) is 10.3 Å². The Morgan fingerprint density at radius 3 is 2.58 bits per heavy atom. The third-order valence-corrected chi connectivity index (χ3v) is 6.31. The Bertz CT molecular complexity index is 1430. The third-order valence-electron chi connectivity index (χ3n) is 5.45. The van der Waals surface area contributed by atoms with Gasteiger partial charge in [-0.1, -0.05) is 0 Å². The van der Waals surface area contributed by atoms with Crippen LogP contribution in [0.2, 0.25) is 0 Å². The molecule has 1 amide bonds. The average molecular weight is 504 g/mol. The highest BCUT2D eigenvalue weighted by Crippen LogP contribution is 2.34. The number of methoxy groups -OCH3 is 1. The number of halogens is 1. The van der Waals surface area contributed by atoms with Crippen LogP contribution in [0, 0.1) is 5.82 Å². The monoisotopic (exact) mass is 503 g/mol. The van der Waals surface area contributed by atoms with Crippen LogP contribution < -0.4 is 15.0 Å². The number of rotatable bonds is 9. The van der Waals surface area contributed by atoms with Gasteiger partial charge in [-0.15, -0.1) is 11.3 Å². The maximum absolute atomic E-state index is 13.4. The second kappa shape index (κ2) is 10.5. The van der Waals surface area contributed by atoms with Crippen LogP contribution in [0.5, 0.6) is 5.75 Å². The van der Waals surface area contributed by atoms with Gasteiger partial charge in [-0.3, -0.25) is 4.79 Å².